The first-order valence-electron chi connectivity index (χ1n) is 7.65. The van der Waals surface area contributed by atoms with Crippen molar-refractivity contribution >= 4 is 28.7 Å². The Kier molecular flexibility index (Phi) is 3.87. The van der Waals surface area contributed by atoms with Gasteiger partial charge in [-0.25, -0.2) is 0 Å². The number of carbonyl (C=O) groups is 1. The lowest BCUT2D eigenvalue weighted by atomic mass is 10.0. The van der Waals surface area contributed by atoms with E-state index in [0.29, 0.717) is 17.7 Å². The highest BCUT2D eigenvalue weighted by molar-refractivity contribution is 7.00. The smallest absolute Gasteiger partial charge is 0.251 e. The van der Waals surface area contributed by atoms with Gasteiger partial charge in [0.25, 0.3) is 5.91 Å². The number of fused-ring (bicyclic) bond motifs is 2. The van der Waals surface area contributed by atoms with E-state index < -0.39 is 6.10 Å². The van der Waals surface area contributed by atoms with Crippen LogP contribution in [0, 0.1) is 0 Å². The molecule has 0 radical (unpaired) electrons. The summed E-state index contributed by atoms with van der Waals surface area (Å²) >= 11 is 1.12. The highest BCUT2D eigenvalue weighted by atomic mass is 32.1. The van der Waals surface area contributed by atoms with E-state index in [9.17, 15) is 9.90 Å². The van der Waals surface area contributed by atoms with E-state index >= 15 is 0 Å². The van der Waals surface area contributed by atoms with Gasteiger partial charge in [0, 0.05) is 18.5 Å². The van der Waals surface area contributed by atoms with Crippen LogP contribution in [-0.4, -0.2) is 32.9 Å². The third-order valence-electron chi connectivity index (χ3n) is 4.07. The first-order valence-corrected chi connectivity index (χ1v) is 8.38. The van der Waals surface area contributed by atoms with Crippen molar-refractivity contribution in [2.45, 2.75) is 12.5 Å². The van der Waals surface area contributed by atoms with Crippen molar-refractivity contribution in [3.63, 3.8) is 0 Å². The van der Waals surface area contributed by atoms with Gasteiger partial charge in [0.15, 0.2) is 0 Å². The number of aliphatic hydroxyl groups is 1. The second-order valence-corrected chi connectivity index (χ2v) is 6.19. The Bertz CT molecular complexity index is 909. The molecule has 1 atom stereocenters. The molecule has 7 heteroatoms. The number of benzene rings is 2. The van der Waals surface area contributed by atoms with E-state index in [1.807, 2.05) is 18.2 Å². The minimum Gasteiger partial charge on any atom is -0.493 e. The number of carbonyl (C=O) groups excluding carboxylic acids is 1. The Morgan fingerprint density at radius 3 is 3.04 bits per heavy atom. The number of nitrogens with zero attached hydrogens (tertiary/aromatic N) is 2. The first-order chi connectivity index (χ1) is 11.7. The van der Waals surface area contributed by atoms with Gasteiger partial charge in [-0.3, -0.25) is 4.79 Å². The fourth-order valence-electron chi connectivity index (χ4n) is 2.75. The van der Waals surface area contributed by atoms with Crippen LogP contribution in [0.3, 0.4) is 0 Å². The zero-order valence-electron chi connectivity index (χ0n) is 12.7. The zero-order chi connectivity index (χ0) is 16.5. The van der Waals surface area contributed by atoms with Crippen molar-refractivity contribution in [3.05, 3.63) is 53.1 Å². The van der Waals surface area contributed by atoms with E-state index in [4.69, 9.17) is 4.74 Å². The monoisotopic (exact) mass is 341 g/mol. The number of ether oxygens (including phenoxy) is 1. The maximum absolute atomic E-state index is 12.2. The Morgan fingerprint density at radius 1 is 1.25 bits per heavy atom. The van der Waals surface area contributed by atoms with Crippen LogP contribution in [0.15, 0.2) is 36.4 Å². The normalized spacial score (nSPS) is 14.2. The van der Waals surface area contributed by atoms with Crippen LogP contribution >= 0.6 is 11.7 Å². The van der Waals surface area contributed by atoms with Gasteiger partial charge in [-0.15, -0.1) is 0 Å². The van der Waals surface area contributed by atoms with Crippen molar-refractivity contribution in [1.29, 1.82) is 0 Å². The largest absolute Gasteiger partial charge is 0.493 e. The summed E-state index contributed by atoms with van der Waals surface area (Å²) in [6.45, 7) is 0.825. The molecule has 0 saturated heterocycles. The Hall–Kier alpha value is -2.51. The fourth-order valence-corrected chi connectivity index (χ4v) is 3.26. The molecule has 122 valence electrons. The molecule has 1 aromatic heterocycles. The lowest BCUT2D eigenvalue weighted by Gasteiger charge is -2.13. The minimum atomic E-state index is -0.760. The summed E-state index contributed by atoms with van der Waals surface area (Å²) in [4.78, 5) is 12.2. The number of amides is 1. The van der Waals surface area contributed by atoms with Crippen LogP contribution in [0.4, 0.5) is 0 Å². The molecule has 1 amide bonds. The van der Waals surface area contributed by atoms with Crippen LogP contribution < -0.4 is 10.1 Å². The molecule has 0 aliphatic carbocycles. The Balaban J connectivity index is 1.42. The average molecular weight is 341 g/mol. The van der Waals surface area contributed by atoms with Gasteiger partial charge in [-0.2, -0.15) is 8.75 Å². The first kappa shape index (κ1) is 15.0. The molecular formula is C17H15N3O3S. The molecule has 0 bridgehead atoms. The molecule has 2 heterocycles. The molecule has 0 spiro atoms. The van der Waals surface area contributed by atoms with Crippen LogP contribution in [0.1, 0.15) is 27.6 Å². The van der Waals surface area contributed by atoms with Gasteiger partial charge < -0.3 is 15.2 Å². The summed E-state index contributed by atoms with van der Waals surface area (Å²) in [6, 6.07) is 10.8. The van der Waals surface area contributed by atoms with Crippen molar-refractivity contribution in [3.8, 4) is 5.75 Å². The van der Waals surface area contributed by atoms with E-state index in [2.05, 4.69) is 14.1 Å². The minimum absolute atomic E-state index is 0.145. The van der Waals surface area contributed by atoms with E-state index in [0.717, 1.165) is 40.5 Å². The van der Waals surface area contributed by atoms with Gasteiger partial charge >= 0.3 is 0 Å². The Morgan fingerprint density at radius 2 is 2.12 bits per heavy atom. The molecule has 0 unspecified atom stereocenters. The molecule has 2 aromatic carbocycles. The topological polar surface area (TPSA) is 84.3 Å². The summed E-state index contributed by atoms with van der Waals surface area (Å²) in [5.41, 5.74) is 3.85. The molecule has 3 aromatic rings. The van der Waals surface area contributed by atoms with E-state index in [1.165, 1.54) is 0 Å². The second kappa shape index (κ2) is 6.18. The average Bonchev–Trinajstić information content (AvgIpc) is 3.26. The molecular weight excluding hydrogens is 326 g/mol. The number of aliphatic hydroxyl groups excluding tert-OH is 1. The maximum Gasteiger partial charge on any atom is 0.251 e. The van der Waals surface area contributed by atoms with Crippen molar-refractivity contribution < 1.29 is 14.6 Å². The molecule has 1 aliphatic heterocycles. The highest BCUT2D eigenvalue weighted by Gasteiger charge is 2.16. The van der Waals surface area contributed by atoms with Crippen LogP contribution in [0.5, 0.6) is 5.75 Å². The van der Waals surface area contributed by atoms with Gasteiger partial charge in [0.05, 0.1) is 24.4 Å². The van der Waals surface area contributed by atoms with Crippen LogP contribution in [0.2, 0.25) is 0 Å². The second-order valence-electron chi connectivity index (χ2n) is 5.66. The lowest BCUT2D eigenvalue weighted by molar-refractivity contribution is 0.0916. The Labute approximate surface area is 142 Å². The number of nitrogens with one attached hydrogen (secondary N) is 1. The van der Waals surface area contributed by atoms with Crippen molar-refractivity contribution in [2.24, 2.45) is 0 Å². The lowest BCUT2D eigenvalue weighted by Crippen LogP contribution is -2.28. The molecule has 0 saturated carbocycles. The summed E-state index contributed by atoms with van der Waals surface area (Å²) < 4.78 is 13.7. The fraction of sp³-hybridized carbons (Fsp3) is 0.235. The number of aromatic nitrogens is 2. The van der Waals surface area contributed by atoms with Gasteiger partial charge in [0.1, 0.15) is 16.8 Å². The molecule has 0 fully saturated rings. The van der Waals surface area contributed by atoms with Gasteiger partial charge in [0.2, 0.25) is 0 Å². The van der Waals surface area contributed by atoms with Gasteiger partial charge in [-0.05, 0) is 41.5 Å². The molecule has 1 aliphatic rings. The third-order valence-corrected chi connectivity index (χ3v) is 4.63. The summed E-state index contributed by atoms with van der Waals surface area (Å²) in [6.07, 6.45) is 0.0914. The number of hydrogen-bond donors (Lipinski definition) is 2. The zero-order valence-corrected chi connectivity index (χ0v) is 13.5. The summed E-state index contributed by atoms with van der Waals surface area (Å²) in [5, 5.41) is 13.1. The quantitative estimate of drug-likeness (QED) is 0.759. The molecule has 6 nitrogen and oxygen atoms in total. The van der Waals surface area contributed by atoms with E-state index in [1.54, 1.807) is 18.2 Å². The number of hydrogen-bond acceptors (Lipinski definition) is 6. The molecule has 2 N–H and O–H groups in total. The predicted octanol–water partition coefficient (Wildman–Crippen LogP) is 2.09. The maximum atomic E-state index is 12.2. The van der Waals surface area contributed by atoms with Crippen LogP contribution in [-0.2, 0) is 6.42 Å². The third kappa shape index (κ3) is 2.83. The van der Waals surface area contributed by atoms with Crippen molar-refractivity contribution in [2.75, 3.05) is 13.2 Å². The van der Waals surface area contributed by atoms with Crippen molar-refractivity contribution in [1.82, 2.24) is 14.1 Å². The van der Waals surface area contributed by atoms with Gasteiger partial charge in [-0.1, -0.05) is 6.07 Å². The summed E-state index contributed by atoms with van der Waals surface area (Å²) in [5.74, 6) is 0.633. The highest BCUT2D eigenvalue weighted by Crippen LogP contribution is 2.28. The number of rotatable bonds is 4. The standard InChI is InChI=1S/C17H15N3O3S/c21-15(10-2-4-16-11(7-10)5-6-23-16)9-18-17(22)12-1-3-13-14(8-12)20-24-19-13/h1-4,7-8,15,21H,5-6,9H2,(H,18,22)/t15-/m0/s1. The van der Waals surface area contributed by atoms with E-state index in [-0.39, 0.29) is 12.5 Å². The molecule has 24 heavy (non-hydrogen) atoms. The summed E-state index contributed by atoms with van der Waals surface area (Å²) in [7, 11) is 0. The molecule has 4 rings (SSSR count). The van der Waals surface area contributed by atoms with Crippen LogP contribution in [0.25, 0.3) is 11.0 Å². The SMILES string of the molecule is O=C(NC[C@H](O)c1ccc2c(c1)CCO2)c1ccc2nsnc2c1. The predicted molar refractivity (Wildman–Crippen MR) is 90.3 cm³/mol.